The highest BCUT2D eigenvalue weighted by Crippen LogP contribution is 2.09. The molecule has 0 unspecified atom stereocenters. The van der Waals surface area contributed by atoms with Crippen LogP contribution in [0.4, 0.5) is 4.39 Å². The van der Waals surface area contributed by atoms with E-state index < -0.39 is 0 Å². The minimum atomic E-state index is -0.237. The van der Waals surface area contributed by atoms with Crippen LogP contribution < -0.4 is 0 Å². The average Bonchev–Trinajstić information content (AvgIpc) is 2.17. The lowest BCUT2D eigenvalue weighted by molar-refractivity contribution is 0.329. The Morgan fingerprint density at radius 2 is 2.00 bits per heavy atom. The molecule has 0 amide bonds. The zero-order valence-electron chi connectivity index (χ0n) is 7.63. The van der Waals surface area contributed by atoms with Crippen molar-refractivity contribution >= 4 is 6.08 Å². The Hall–Kier alpha value is -1.15. The summed E-state index contributed by atoms with van der Waals surface area (Å²) in [7, 11) is 0. The van der Waals surface area contributed by atoms with Gasteiger partial charge in [0.2, 0.25) is 0 Å². The van der Waals surface area contributed by atoms with Gasteiger partial charge >= 0.3 is 0 Å². The molecule has 0 aliphatic heterocycles. The van der Waals surface area contributed by atoms with E-state index in [1.54, 1.807) is 12.1 Å². The molecule has 0 spiro atoms. The molecule has 0 aromatic heterocycles. The van der Waals surface area contributed by atoms with Crippen LogP contribution in [0.2, 0.25) is 0 Å². The van der Waals surface area contributed by atoms with E-state index in [1.165, 1.54) is 12.1 Å². The highest BCUT2D eigenvalue weighted by Gasteiger charge is 1.93. The van der Waals surface area contributed by atoms with E-state index in [-0.39, 0.29) is 12.4 Å². The van der Waals surface area contributed by atoms with Crippen LogP contribution in [0, 0.1) is 5.82 Å². The number of aliphatic hydroxyl groups excluding tert-OH is 1. The molecular weight excluding hydrogens is 167 g/mol. The van der Waals surface area contributed by atoms with Crippen molar-refractivity contribution in [1.82, 2.24) is 0 Å². The van der Waals surface area contributed by atoms with Crippen LogP contribution in [-0.2, 0) is 0 Å². The van der Waals surface area contributed by atoms with Gasteiger partial charge in [-0.2, -0.15) is 0 Å². The first-order chi connectivity index (χ1) is 6.26. The van der Waals surface area contributed by atoms with E-state index >= 15 is 0 Å². The molecule has 0 radical (unpaired) electrons. The highest BCUT2D eigenvalue weighted by atomic mass is 19.1. The maximum absolute atomic E-state index is 12.5. The molecular formula is C11H13FO. The highest BCUT2D eigenvalue weighted by molar-refractivity contribution is 5.52. The van der Waals surface area contributed by atoms with Crippen molar-refractivity contribution < 1.29 is 9.50 Å². The second kappa shape index (κ2) is 4.77. The van der Waals surface area contributed by atoms with Gasteiger partial charge < -0.3 is 5.11 Å². The van der Waals surface area contributed by atoms with Crippen molar-refractivity contribution in [2.24, 2.45) is 0 Å². The number of hydrogen-bond donors (Lipinski definition) is 1. The smallest absolute Gasteiger partial charge is 0.123 e. The van der Waals surface area contributed by atoms with Crippen LogP contribution in [0.1, 0.15) is 18.9 Å². The van der Waals surface area contributed by atoms with Gasteiger partial charge in [-0.1, -0.05) is 25.1 Å². The van der Waals surface area contributed by atoms with Crippen molar-refractivity contribution in [1.29, 1.82) is 0 Å². The van der Waals surface area contributed by atoms with Crippen LogP contribution in [0.5, 0.6) is 0 Å². The second-order valence-electron chi connectivity index (χ2n) is 2.87. The van der Waals surface area contributed by atoms with Crippen molar-refractivity contribution in [2.75, 3.05) is 6.61 Å². The summed E-state index contributed by atoms with van der Waals surface area (Å²) in [6, 6.07) is 6.22. The van der Waals surface area contributed by atoms with Crippen LogP contribution >= 0.6 is 0 Å². The van der Waals surface area contributed by atoms with E-state index in [0.29, 0.717) is 0 Å². The van der Waals surface area contributed by atoms with Gasteiger partial charge in [0.25, 0.3) is 0 Å². The molecule has 13 heavy (non-hydrogen) atoms. The van der Waals surface area contributed by atoms with E-state index in [9.17, 15) is 4.39 Å². The monoisotopic (exact) mass is 180 g/mol. The number of rotatable bonds is 3. The maximum atomic E-state index is 12.5. The fourth-order valence-corrected chi connectivity index (χ4v) is 1.05. The van der Waals surface area contributed by atoms with E-state index in [2.05, 4.69) is 0 Å². The second-order valence-corrected chi connectivity index (χ2v) is 2.87. The Kier molecular flexibility index (Phi) is 3.65. The summed E-state index contributed by atoms with van der Waals surface area (Å²) < 4.78 is 12.5. The summed E-state index contributed by atoms with van der Waals surface area (Å²) in [6.45, 7) is 2.04. The minimum absolute atomic E-state index is 0.0634. The number of benzene rings is 1. The quantitative estimate of drug-likeness (QED) is 0.758. The van der Waals surface area contributed by atoms with Gasteiger partial charge in [-0.05, 0) is 29.7 Å². The van der Waals surface area contributed by atoms with Crippen LogP contribution in [0.15, 0.2) is 29.8 Å². The minimum Gasteiger partial charge on any atom is -0.392 e. The van der Waals surface area contributed by atoms with E-state index in [4.69, 9.17) is 5.11 Å². The number of hydrogen-bond acceptors (Lipinski definition) is 1. The summed E-state index contributed by atoms with van der Waals surface area (Å²) in [5.41, 5.74) is 1.87. The molecule has 2 heteroatoms. The van der Waals surface area contributed by atoms with Crippen molar-refractivity contribution in [3.8, 4) is 0 Å². The molecule has 0 aliphatic rings. The topological polar surface area (TPSA) is 20.2 Å². The van der Waals surface area contributed by atoms with Gasteiger partial charge in [0.15, 0.2) is 0 Å². The Balaban J connectivity index is 2.84. The molecule has 1 N–H and O–H groups in total. The average molecular weight is 180 g/mol. The molecule has 0 fully saturated rings. The number of aliphatic hydroxyl groups is 1. The van der Waals surface area contributed by atoms with Crippen LogP contribution in [0.3, 0.4) is 0 Å². The van der Waals surface area contributed by atoms with Crippen LogP contribution in [0.25, 0.3) is 6.08 Å². The van der Waals surface area contributed by atoms with Crippen molar-refractivity contribution in [3.05, 3.63) is 41.2 Å². The van der Waals surface area contributed by atoms with Gasteiger partial charge in [0.1, 0.15) is 5.82 Å². The molecule has 0 saturated heterocycles. The standard InChI is InChI=1S/C11H13FO/c1-2-9(8-13)7-10-3-5-11(12)6-4-10/h3-7,13H,2,8H2,1H3. The first-order valence-corrected chi connectivity index (χ1v) is 4.32. The molecule has 70 valence electrons. The van der Waals surface area contributed by atoms with Gasteiger partial charge in [-0.25, -0.2) is 4.39 Å². The lowest BCUT2D eigenvalue weighted by Gasteiger charge is -1.99. The molecule has 1 aromatic carbocycles. The third kappa shape index (κ3) is 2.99. The predicted molar refractivity (Wildman–Crippen MR) is 51.8 cm³/mol. The summed E-state index contributed by atoms with van der Waals surface area (Å²) in [4.78, 5) is 0. The Morgan fingerprint density at radius 1 is 1.38 bits per heavy atom. The van der Waals surface area contributed by atoms with Gasteiger partial charge in [-0.3, -0.25) is 0 Å². The normalized spacial score (nSPS) is 11.8. The van der Waals surface area contributed by atoms with Gasteiger partial charge in [0.05, 0.1) is 6.61 Å². The molecule has 0 atom stereocenters. The molecule has 1 aromatic rings. The first kappa shape index (κ1) is 9.93. The zero-order chi connectivity index (χ0) is 9.68. The molecule has 0 aliphatic carbocycles. The lowest BCUT2D eigenvalue weighted by Crippen LogP contribution is -1.87. The van der Waals surface area contributed by atoms with E-state index in [1.807, 2.05) is 13.0 Å². The van der Waals surface area contributed by atoms with Gasteiger partial charge in [0, 0.05) is 0 Å². The zero-order valence-corrected chi connectivity index (χ0v) is 7.63. The Bertz CT molecular complexity index is 281. The molecule has 1 nitrogen and oxygen atoms in total. The van der Waals surface area contributed by atoms with Crippen molar-refractivity contribution in [2.45, 2.75) is 13.3 Å². The molecule has 0 bridgehead atoms. The fourth-order valence-electron chi connectivity index (χ4n) is 1.05. The van der Waals surface area contributed by atoms with Crippen molar-refractivity contribution in [3.63, 3.8) is 0 Å². The Labute approximate surface area is 77.5 Å². The molecule has 1 rings (SSSR count). The maximum Gasteiger partial charge on any atom is 0.123 e. The largest absolute Gasteiger partial charge is 0.392 e. The molecule has 0 heterocycles. The predicted octanol–water partition coefficient (Wildman–Crippen LogP) is 2.61. The summed E-state index contributed by atoms with van der Waals surface area (Å²) in [5.74, 6) is -0.237. The summed E-state index contributed by atoms with van der Waals surface area (Å²) >= 11 is 0. The number of halogens is 1. The third-order valence-corrected chi connectivity index (χ3v) is 1.90. The SMILES string of the molecule is CCC(=Cc1ccc(F)cc1)CO. The third-order valence-electron chi connectivity index (χ3n) is 1.90. The molecule has 0 saturated carbocycles. The van der Waals surface area contributed by atoms with Crippen LogP contribution in [-0.4, -0.2) is 11.7 Å². The summed E-state index contributed by atoms with van der Waals surface area (Å²) in [5, 5.41) is 8.90. The lowest BCUT2D eigenvalue weighted by atomic mass is 10.1. The van der Waals surface area contributed by atoms with E-state index in [0.717, 1.165) is 17.6 Å². The van der Waals surface area contributed by atoms with Gasteiger partial charge in [-0.15, -0.1) is 0 Å². The summed E-state index contributed by atoms with van der Waals surface area (Å²) in [6.07, 6.45) is 2.69. The fraction of sp³-hybridized carbons (Fsp3) is 0.273. The first-order valence-electron chi connectivity index (χ1n) is 4.32. The Morgan fingerprint density at radius 3 is 2.46 bits per heavy atom.